The fraction of sp³-hybridized carbons (Fsp3) is 0.714. The van der Waals surface area contributed by atoms with Crippen LogP contribution in [-0.4, -0.2) is 27.6 Å². The summed E-state index contributed by atoms with van der Waals surface area (Å²) < 4.78 is 4.57. The largest absolute Gasteiger partial charge is 0.396 e. The second-order valence-corrected chi connectivity index (χ2v) is 3.68. The molecule has 1 N–H and O–H groups in total. The molecule has 1 aromatic heterocycles. The van der Waals surface area contributed by atoms with E-state index in [4.69, 9.17) is 5.11 Å². The predicted molar refractivity (Wildman–Crippen MR) is 46.7 cm³/mol. The van der Waals surface area contributed by atoms with Gasteiger partial charge in [-0.15, -0.1) is 0 Å². The van der Waals surface area contributed by atoms with Crippen LogP contribution in [0.2, 0.25) is 0 Å². The van der Waals surface area contributed by atoms with E-state index in [0.717, 1.165) is 11.5 Å². The Hall–Kier alpha value is -0.550. The predicted octanol–water partition coefficient (Wildman–Crippen LogP) is 0.931. The summed E-state index contributed by atoms with van der Waals surface area (Å²) in [5.74, 6) is 2.72. The number of rotatable bonds is 5. The normalized spacial score (nSPS) is 13.2. The first-order valence-electron chi connectivity index (χ1n) is 3.76. The van der Waals surface area contributed by atoms with Crippen molar-refractivity contribution in [3.8, 4) is 0 Å². The topological polar surface area (TPSA) is 59.2 Å². The maximum absolute atomic E-state index is 8.73. The van der Waals surface area contributed by atoms with Crippen molar-refractivity contribution in [1.82, 2.24) is 10.1 Å². The lowest BCUT2D eigenvalue weighted by Gasteiger charge is -2.04. The smallest absolute Gasteiger partial charge is 0.213 e. The first kappa shape index (κ1) is 9.54. The summed E-state index contributed by atoms with van der Waals surface area (Å²) in [5, 5.41) is 12.4. The first-order chi connectivity index (χ1) is 5.83. The summed E-state index contributed by atoms with van der Waals surface area (Å²) in [7, 11) is 0. The third-order valence-electron chi connectivity index (χ3n) is 1.35. The minimum Gasteiger partial charge on any atom is -0.396 e. The average molecular weight is 188 g/mol. The zero-order valence-electron chi connectivity index (χ0n) is 6.93. The van der Waals surface area contributed by atoms with Crippen LogP contribution in [0.1, 0.15) is 12.7 Å². The van der Waals surface area contributed by atoms with E-state index in [1.807, 2.05) is 6.92 Å². The molecule has 0 aliphatic carbocycles. The number of aliphatic hydroxyl groups excluding tert-OH is 1. The minimum absolute atomic E-state index is 0.235. The number of aliphatic hydroxyl groups is 1. The van der Waals surface area contributed by atoms with Gasteiger partial charge >= 0.3 is 0 Å². The zero-order valence-corrected chi connectivity index (χ0v) is 7.75. The van der Waals surface area contributed by atoms with Crippen LogP contribution in [0, 0.1) is 5.92 Å². The van der Waals surface area contributed by atoms with E-state index < -0.39 is 0 Å². The number of hydrogen-bond donors (Lipinski definition) is 1. The van der Waals surface area contributed by atoms with Gasteiger partial charge in [-0.25, -0.2) is 0 Å². The number of thioether (sulfide) groups is 1. The summed E-state index contributed by atoms with van der Waals surface area (Å²) in [6, 6.07) is 0. The van der Waals surface area contributed by atoms with Crippen LogP contribution in [0.15, 0.2) is 10.9 Å². The summed E-state index contributed by atoms with van der Waals surface area (Å²) in [6.07, 6.45) is 1.32. The molecule has 0 bridgehead atoms. The highest BCUT2D eigenvalue weighted by Crippen LogP contribution is 2.11. The lowest BCUT2D eigenvalue weighted by molar-refractivity contribution is 0.250. The molecule has 0 amide bonds. The van der Waals surface area contributed by atoms with Gasteiger partial charge in [0.1, 0.15) is 0 Å². The maximum Gasteiger partial charge on any atom is 0.213 e. The van der Waals surface area contributed by atoms with Crippen molar-refractivity contribution >= 4 is 11.8 Å². The molecule has 0 saturated heterocycles. The second-order valence-electron chi connectivity index (χ2n) is 2.65. The van der Waals surface area contributed by atoms with Crippen LogP contribution in [0.25, 0.3) is 0 Å². The SMILES string of the molecule is CC(CO)CSCc1ncon1. The van der Waals surface area contributed by atoms with Gasteiger partial charge in [-0.3, -0.25) is 0 Å². The number of hydrogen-bond acceptors (Lipinski definition) is 5. The van der Waals surface area contributed by atoms with Gasteiger partial charge in [0.25, 0.3) is 0 Å². The molecule has 12 heavy (non-hydrogen) atoms. The number of nitrogens with zero attached hydrogens (tertiary/aromatic N) is 2. The molecule has 0 saturated carbocycles. The molecule has 4 nitrogen and oxygen atoms in total. The molecular weight excluding hydrogens is 176 g/mol. The van der Waals surface area contributed by atoms with Crippen LogP contribution in [-0.2, 0) is 5.75 Å². The Morgan fingerprint density at radius 3 is 3.17 bits per heavy atom. The monoisotopic (exact) mass is 188 g/mol. The molecule has 1 rings (SSSR count). The highest BCUT2D eigenvalue weighted by atomic mass is 32.2. The summed E-state index contributed by atoms with van der Waals surface area (Å²) in [5.41, 5.74) is 0. The Kier molecular flexibility index (Phi) is 4.10. The molecule has 1 heterocycles. The van der Waals surface area contributed by atoms with Crippen LogP contribution >= 0.6 is 11.8 Å². The van der Waals surface area contributed by atoms with Crippen LogP contribution in [0.5, 0.6) is 0 Å². The molecular formula is C7H12N2O2S. The standard InChI is InChI=1S/C7H12N2O2S/c1-6(2-10)3-12-4-7-8-5-11-9-7/h5-6,10H,2-4H2,1H3. The summed E-state index contributed by atoms with van der Waals surface area (Å²) in [6.45, 7) is 2.24. The molecule has 0 aromatic carbocycles. The highest BCUT2D eigenvalue weighted by molar-refractivity contribution is 7.98. The zero-order chi connectivity index (χ0) is 8.81. The molecule has 0 radical (unpaired) electrons. The molecule has 1 aromatic rings. The molecule has 0 spiro atoms. The van der Waals surface area contributed by atoms with Crippen LogP contribution in [0.4, 0.5) is 0 Å². The Bertz CT molecular complexity index is 203. The molecule has 0 aliphatic rings. The van der Waals surface area contributed by atoms with Crippen molar-refractivity contribution in [3.05, 3.63) is 12.2 Å². The Morgan fingerprint density at radius 1 is 1.75 bits per heavy atom. The fourth-order valence-corrected chi connectivity index (χ4v) is 1.60. The van der Waals surface area contributed by atoms with Crippen molar-refractivity contribution in [3.63, 3.8) is 0 Å². The molecule has 0 aliphatic heterocycles. The van der Waals surface area contributed by atoms with Crippen molar-refractivity contribution < 1.29 is 9.63 Å². The maximum atomic E-state index is 8.73. The van der Waals surface area contributed by atoms with Gasteiger partial charge in [-0.05, 0) is 11.7 Å². The third-order valence-corrected chi connectivity index (χ3v) is 2.62. The van der Waals surface area contributed by atoms with Crippen molar-refractivity contribution in [2.75, 3.05) is 12.4 Å². The summed E-state index contributed by atoms with van der Waals surface area (Å²) in [4.78, 5) is 3.88. The van der Waals surface area contributed by atoms with Crippen LogP contribution < -0.4 is 0 Å². The Morgan fingerprint density at radius 2 is 2.58 bits per heavy atom. The molecule has 5 heteroatoms. The van der Waals surface area contributed by atoms with Gasteiger partial charge in [0, 0.05) is 6.61 Å². The summed E-state index contributed by atoms with van der Waals surface area (Å²) >= 11 is 1.70. The van der Waals surface area contributed by atoms with E-state index >= 15 is 0 Å². The van der Waals surface area contributed by atoms with Crippen molar-refractivity contribution in [1.29, 1.82) is 0 Å². The van der Waals surface area contributed by atoms with Crippen LogP contribution in [0.3, 0.4) is 0 Å². The van der Waals surface area contributed by atoms with Gasteiger partial charge in [-0.1, -0.05) is 12.1 Å². The average Bonchev–Trinajstić information content (AvgIpc) is 2.57. The molecule has 1 atom stereocenters. The molecule has 68 valence electrons. The lowest BCUT2D eigenvalue weighted by Crippen LogP contribution is -2.03. The Balaban J connectivity index is 2.11. The van der Waals surface area contributed by atoms with E-state index in [9.17, 15) is 0 Å². The second kappa shape index (κ2) is 5.16. The number of aromatic nitrogens is 2. The third kappa shape index (κ3) is 3.23. The van der Waals surface area contributed by atoms with Gasteiger partial charge in [0.15, 0.2) is 5.82 Å². The molecule has 0 fully saturated rings. The van der Waals surface area contributed by atoms with Gasteiger partial charge in [0.05, 0.1) is 5.75 Å². The van der Waals surface area contributed by atoms with Crippen molar-refractivity contribution in [2.45, 2.75) is 12.7 Å². The van der Waals surface area contributed by atoms with Gasteiger partial charge in [-0.2, -0.15) is 16.7 Å². The molecule has 1 unspecified atom stereocenters. The van der Waals surface area contributed by atoms with Crippen molar-refractivity contribution in [2.24, 2.45) is 5.92 Å². The lowest BCUT2D eigenvalue weighted by atomic mass is 10.2. The van der Waals surface area contributed by atoms with Gasteiger partial charge in [0.2, 0.25) is 6.39 Å². The van der Waals surface area contributed by atoms with E-state index in [-0.39, 0.29) is 6.61 Å². The van der Waals surface area contributed by atoms with E-state index in [0.29, 0.717) is 11.7 Å². The van der Waals surface area contributed by atoms with Gasteiger partial charge < -0.3 is 9.63 Å². The highest BCUT2D eigenvalue weighted by Gasteiger charge is 2.02. The van der Waals surface area contributed by atoms with E-state index in [1.54, 1.807) is 11.8 Å². The minimum atomic E-state index is 0.235. The Labute approximate surface area is 75.4 Å². The first-order valence-corrected chi connectivity index (χ1v) is 4.92. The quantitative estimate of drug-likeness (QED) is 0.745. The van der Waals surface area contributed by atoms with E-state index in [1.165, 1.54) is 6.39 Å². The fourth-order valence-electron chi connectivity index (χ4n) is 0.660. The van der Waals surface area contributed by atoms with E-state index in [2.05, 4.69) is 14.7 Å².